The van der Waals surface area contributed by atoms with Crippen LogP contribution in [0.5, 0.6) is 0 Å². The van der Waals surface area contributed by atoms with Crippen LogP contribution in [0.2, 0.25) is 0 Å². The van der Waals surface area contributed by atoms with Crippen molar-refractivity contribution < 1.29 is 9.90 Å². The van der Waals surface area contributed by atoms with E-state index in [-0.39, 0.29) is 6.04 Å². The predicted molar refractivity (Wildman–Crippen MR) is 107 cm³/mol. The lowest BCUT2D eigenvalue weighted by molar-refractivity contribution is 0.0697. The maximum atomic E-state index is 11.8. The van der Waals surface area contributed by atoms with E-state index in [0.717, 1.165) is 11.6 Å². The summed E-state index contributed by atoms with van der Waals surface area (Å²) in [5.74, 6) is 2.22. The lowest BCUT2D eigenvalue weighted by atomic mass is 9.67. The van der Waals surface area contributed by atoms with Crippen LogP contribution in [0.4, 0.5) is 5.69 Å². The van der Waals surface area contributed by atoms with Crippen molar-refractivity contribution in [2.75, 3.05) is 5.32 Å². The average molecular weight is 361 g/mol. The number of rotatable bonds is 3. The van der Waals surface area contributed by atoms with E-state index in [9.17, 15) is 9.90 Å². The highest BCUT2D eigenvalue weighted by atomic mass is 16.4. The molecule has 2 bridgehead atoms. The Balaban J connectivity index is 1.62. The van der Waals surface area contributed by atoms with Gasteiger partial charge < -0.3 is 10.4 Å². The number of carboxylic acid groups (broad SMARTS) is 1. The normalized spacial score (nSPS) is 30.7. The summed E-state index contributed by atoms with van der Waals surface area (Å²) < 4.78 is 0. The summed E-state index contributed by atoms with van der Waals surface area (Å²) in [6.45, 7) is 4.43. The average Bonchev–Trinajstić information content (AvgIpc) is 3.29. The van der Waals surface area contributed by atoms with Gasteiger partial charge in [-0.1, -0.05) is 50.2 Å². The van der Waals surface area contributed by atoms with Crippen molar-refractivity contribution in [2.45, 2.75) is 51.0 Å². The van der Waals surface area contributed by atoms with Crippen LogP contribution in [-0.2, 0) is 0 Å². The molecule has 3 aliphatic rings. The minimum absolute atomic E-state index is 0.208. The molecule has 0 saturated heterocycles. The zero-order valence-electron chi connectivity index (χ0n) is 16.0. The smallest absolute Gasteiger partial charge is 0.337 e. The van der Waals surface area contributed by atoms with E-state index in [0.29, 0.717) is 29.2 Å². The van der Waals surface area contributed by atoms with Crippen LogP contribution in [0.15, 0.2) is 42.5 Å². The highest BCUT2D eigenvalue weighted by Gasteiger charge is 2.54. The van der Waals surface area contributed by atoms with Crippen LogP contribution < -0.4 is 5.32 Å². The molecule has 2 N–H and O–H groups in total. The van der Waals surface area contributed by atoms with Crippen LogP contribution in [-0.4, -0.2) is 11.1 Å². The summed E-state index contributed by atoms with van der Waals surface area (Å²) in [6, 6.07) is 15.0. The Labute approximate surface area is 160 Å². The third-order valence-corrected chi connectivity index (χ3v) is 7.31. The molecule has 2 aromatic carbocycles. The molecular formula is C24H27NO2. The maximum absolute atomic E-state index is 11.8. The highest BCUT2D eigenvalue weighted by Crippen LogP contribution is 2.64. The van der Waals surface area contributed by atoms with Gasteiger partial charge in [0.05, 0.1) is 17.3 Å². The monoisotopic (exact) mass is 361 g/mol. The molecule has 0 amide bonds. The fourth-order valence-electron chi connectivity index (χ4n) is 6.11. The minimum Gasteiger partial charge on any atom is -0.478 e. The minimum atomic E-state index is -0.838. The largest absolute Gasteiger partial charge is 0.478 e. The van der Waals surface area contributed by atoms with E-state index in [1.165, 1.54) is 36.0 Å². The van der Waals surface area contributed by atoms with Gasteiger partial charge in [-0.15, -0.1) is 0 Å². The van der Waals surface area contributed by atoms with Gasteiger partial charge in [-0.3, -0.25) is 0 Å². The molecule has 0 aromatic heterocycles. The van der Waals surface area contributed by atoms with Crippen molar-refractivity contribution in [3.05, 3.63) is 64.7 Å². The number of carbonyl (C=O) groups is 1. The molecule has 5 atom stereocenters. The van der Waals surface area contributed by atoms with Crippen LogP contribution >= 0.6 is 0 Å². The SMILES string of the molecule is CC(C)c1ccc([C@H]2Nc3c(C(=O)O)cccc3[C@@H]3[C@@H]4CC[C@@H](C4)[C@@H]32)cc1. The highest BCUT2D eigenvalue weighted by molar-refractivity contribution is 5.95. The van der Waals surface area contributed by atoms with Crippen molar-refractivity contribution >= 4 is 11.7 Å². The Hall–Kier alpha value is -2.29. The molecule has 1 aliphatic heterocycles. The first-order valence-corrected chi connectivity index (χ1v) is 10.3. The first-order valence-electron chi connectivity index (χ1n) is 10.3. The number of anilines is 1. The number of carboxylic acids is 1. The Bertz CT molecular complexity index is 886. The van der Waals surface area contributed by atoms with Gasteiger partial charge in [0, 0.05) is 0 Å². The maximum Gasteiger partial charge on any atom is 0.337 e. The predicted octanol–water partition coefficient (Wildman–Crippen LogP) is 5.80. The molecule has 2 aromatic rings. The van der Waals surface area contributed by atoms with E-state index in [1.807, 2.05) is 6.07 Å². The molecule has 2 saturated carbocycles. The molecule has 3 nitrogen and oxygen atoms in total. The summed E-state index contributed by atoms with van der Waals surface area (Å²) in [5, 5.41) is 13.4. The number of aromatic carboxylic acids is 1. The molecule has 0 unspecified atom stereocenters. The summed E-state index contributed by atoms with van der Waals surface area (Å²) in [6.07, 6.45) is 3.91. The van der Waals surface area contributed by atoms with Gasteiger partial charge in [0.25, 0.3) is 0 Å². The van der Waals surface area contributed by atoms with Crippen LogP contribution in [0.25, 0.3) is 0 Å². The van der Waals surface area contributed by atoms with Gasteiger partial charge in [-0.25, -0.2) is 4.79 Å². The third-order valence-electron chi connectivity index (χ3n) is 7.31. The third kappa shape index (κ3) is 2.51. The topological polar surface area (TPSA) is 49.3 Å². The van der Waals surface area contributed by atoms with Crippen LogP contribution in [0.3, 0.4) is 0 Å². The number of fused-ring (bicyclic) bond motifs is 7. The second-order valence-electron chi connectivity index (χ2n) is 8.95. The van der Waals surface area contributed by atoms with E-state index in [4.69, 9.17) is 0 Å². The molecule has 2 fully saturated rings. The Morgan fingerprint density at radius 2 is 1.81 bits per heavy atom. The molecular weight excluding hydrogens is 334 g/mol. The lowest BCUT2D eigenvalue weighted by Crippen LogP contribution is -2.36. The molecule has 0 radical (unpaired) electrons. The van der Waals surface area contributed by atoms with Gasteiger partial charge in [-0.05, 0) is 71.6 Å². The van der Waals surface area contributed by atoms with E-state index >= 15 is 0 Å². The fourth-order valence-corrected chi connectivity index (χ4v) is 6.11. The van der Waals surface area contributed by atoms with E-state index in [2.05, 4.69) is 49.5 Å². The summed E-state index contributed by atoms with van der Waals surface area (Å²) in [4.78, 5) is 11.8. The van der Waals surface area contributed by atoms with Crippen LogP contribution in [0, 0.1) is 17.8 Å². The van der Waals surface area contributed by atoms with Gasteiger partial charge >= 0.3 is 5.97 Å². The van der Waals surface area contributed by atoms with Gasteiger partial charge in [-0.2, -0.15) is 0 Å². The van der Waals surface area contributed by atoms with Crippen molar-refractivity contribution in [1.29, 1.82) is 0 Å². The number of benzene rings is 2. The molecule has 140 valence electrons. The zero-order chi connectivity index (χ0) is 18.7. The number of nitrogens with one attached hydrogen (secondary N) is 1. The number of para-hydroxylation sites is 1. The Morgan fingerprint density at radius 3 is 2.52 bits per heavy atom. The summed E-state index contributed by atoms with van der Waals surface area (Å²) in [7, 11) is 0. The summed E-state index contributed by atoms with van der Waals surface area (Å²) >= 11 is 0. The number of hydrogen-bond donors (Lipinski definition) is 2. The van der Waals surface area contributed by atoms with Crippen LogP contribution in [0.1, 0.15) is 78.0 Å². The second-order valence-corrected chi connectivity index (χ2v) is 8.95. The number of hydrogen-bond acceptors (Lipinski definition) is 2. The van der Waals surface area contributed by atoms with Gasteiger partial charge in [0.2, 0.25) is 0 Å². The molecule has 1 heterocycles. The molecule has 0 spiro atoms. The zero-order valence-corrected chi connectivity index (χ0v) is 16.0. The quantitative estimate of drug-likeness (QED) is 0.726. The van der Waals surface area contributed by atoms with Crippen molar-refractivity contribution in [1.82, 2.24) is 0 Å². The van der Waals surface area contributed by atoms with E-state index in [1.54, 1.807) is 6.07 Å². The molecule has 3 heteroatoms. The van der Waals surface area contributed by atoms with E-state index < -0.39 is 5.97 Å². The standard InChI is InChI=1S/C24H27NO2/c1-13(2)14-6-8-15(9-7-14)22-21-17-11-10-16(12-17)20(21)18-4-3-5-19(24(26)27)23(18)25-22/h3-9,13,16-17,20-22,25H,10-12H2,1-2H3,(H,26,27)/t16-,17+,20+,21+,22-/m1/s1. The first kappa shape index (κ1) is 16.9. The van der Waals surface area contributed by atoms with Crippen molar-refractivity contribution in [3.8, 4) is 0 Å². The lowest BCUT2D eigenvalue weighted by Gasteiger charge is -2.44. The Kier molecular flexibility index (Phi) is 3.82. The Morgan fingerprint density at radius 1 is 1.07 bits per heavy atom. The molecule has 5 rings (SSSR count). The molecule has 27 heavy (non-hydrogen) atoms. The van der Waals surface area contributed by atoms with Gasteiger partial charge in [0.15, 0.2) is 0 Å². The summed E-state index contributed by atoms with van der Waals surface area (Å²) in [5.41, 5.74) is 5.16. The molecule has 2 aliphatic carbocycles. The second kappa shape index (κ2) is 6.12. The van der Waals surface area contributed by atoms with Gasteiger partial charge in [0.1, 0.15) is 0 Å². The fraction of sp³-hybridized carbons (Fsp3) is 0.458. The first-order chi connectivity index (χ1) is 13.0. The van der Waals surface area contributed by atoms with Crippen molar-refractivity contribution in [2.24, 2.45) is 17.8 Å². The van der Waals surface area contributed by atoms with Crippen molar-refractivity contribution in [3.63, 3.8) is 0 Å².